The van der Waals surface area contributed by atoms with Crippen LogP contribution >= 0.6 is 11.8 Å². The average Bonchev–Trinajstić information content (AvgIpc) is 2.75. The molecule has 0 saturated carbocycles. The van der Waals surface area contributed by atoms with Gasteiger partial charge < -0.3 is 11.1 Å². The zero-order chi connectivity index (χ0) is 14.3. The van der Waals surface area contributed by atoms with Gasteiger partial charge >= 0.3 is 0 Å². The lowest BCUT2D eigenvalue weighted by Gasteiger charge is -2.26. The van der Waals surface area contributed by atoms with Crippen molar-refractivity contribution in [1.29, 1.82) is 0 Å². The summed E-state index contributed by atoms with van der Waals surface area (Å²) in [7, 11) is 1.92. The summed E-state index contributed by atoms with van der Waals surface area (Å²) in [6.07, 6.45) is 6.71. The van der Waals surface area contributed by atoms with Gasteiger partial charge in [0.05, 0.1) is 11.7 Å². The van der Waals surface area contributed by atoms with Crippen molar-refractivity contribution in [1.82, 2.24) is 15.1 Å². The molecule has 1 atom stereocenters. The van der Waals surface area contributed by atoms with Crippen LogP contribution in [0.5, 0.6) is 0 Å². The van der Waals surface area contributed by atoms with Gasteiger partial charge in [-0.05, 0) is 32.1 Å². The van der Waals surface area contributed by atoms with Gasteiger partial charge in [0.2, 0.25) is 5.91 Å². The van der Waals surface area contributed by atoms with Gasteiger partial charge in [0, 0.05) is 18.1 Å². The summed E-state index contributed by atoms with van der Waals surface area (Å²) in [5, 5.41) is 7.30. The number of aromatic nitrogens is 2. The second-order valence-electron chi connectivity index (χ2n) is 4.88. The molecule has 1 aromatic heterocycles. The highest BCUT2D eigenvalue weighted by Crippen LogP contribution is 2.20. The van der Waals surface area contributed by atoms with Crippen molar-refractivity contribution in [3.05, 3.63) is 12.4 Å². The van der Waals surface area contributed by atoms with Gasteiger partial charge in [0.1, 0.15) is 0 Å². The normalized spacial score (nSPS) is 14.3. The van der Waals surface area contributed by atoms with Gasteiger partial charge in [-0.1, -0.05) is 13.3 Å². The minimum Gasteiger partial charge on any atom is -0.368 e. The molecule has 1 aromatic rings. The quantitative estimate of drug-likeness (QED) is 0.533. The van der Waals surface area contributed by atoms with Crippen LogP contribution in [-0.2, 0) is 11.8 Å². The predicted molar refractivity (Wildman–Crippen MR) is 79.1 cm³/mol. The number of likely N-dealkylation sites (N-methyl/N-ethyl adjacent to an activating group) is 1. The number of carbonyl (C=O) groups excluding carboxylic acids is 1. The molecule has 1 heterocycles. The van der Waals surface area contributed by atoms with Crippen LogP contribution in [0.15, 0.2) is 17.3 Å². The third-order valence-corrected chi connectivity index (χ3v) is 4.17. The van der Waals surface area contributed by atoms with E-state index in [1.807, 2.05) is 33.3 Å². The summed E-state index contributed by atoms with van der Waals surface area (Å²) in [5.41, 5.74) is 4.87. The molecule has 0 spiro atoms. The first-order chi connectivity index (χ1) is 8.98. The largest absolute Gasteiger partial charge is 0.368 e. The first kappa shape index (κ1) is 16.0. The monoisotopic (exact) mass is 284 g/mol. The molecule has 3 N–H and O–H groups in total. The van der Waals surface area contributed by atoms with Crippen LogP contribution in [-0.4, -0.2) is 33.5 Å². The van der Waals surface area contributed by atoms with Crippen molar-refractivity contribution in [2.24, 2.45) is 12.8 Å². The summed E-state index contributed by atoms with van der Waals surface area (Å²) in [5.74, 6) is 0.765. The van der Waals surface area contributed by atoms with Gasteiger partial charge in [-0.15, -0.1) is 11.8 Å². The van der Waals surface area contributed by atoms with Crippen molar-refractivity contribution >= 4 is 17.7 Å². The predicted octanol–water partition coefficient (Wildman–Crippen LogP) is 1.54. The Morgan fingerprint density at radius 1 is 1.58 bits per heavy atom. The molecule has 0 aliphatic heterocycles. The van der Waals surface area contributed by atoms with Gasteiger partial charge in [-0.3, -0.25) is 9.48 Å². The van der Waals surface area contributed by atoms with E-state index in [2.05, 4.69) is 10.4 Å². The highest BCUT2D eigenvalue weighted by Gasteiger charge is 2.28. The lowest BCUT2D eigenvalue weighted by molar-refractivity contribution is -0.124. The second-order valence-corrected chi connectivity index (χ2v) is 6.05. The molecule has 0 fully saturated rings. The summed E-state index contributed by atoms with van der Waals surface area (Å²) < 4.78 is 1.80. The van der Waals surface area contributed by atoms with Crippen LogP contribution in [0.2, 0.25) is 0 Å². The third-order valence-electron chi connectivity index (χ3n) is 3.13. The number of hydrogen-bond donors (Lipinski definition) is 2. The van der Waals surface area contributed by atoms with Gasteiger partial charge in [0.25, 0.3) is 0 Å². The maximum absolute atomic E-state index is 11.4. The number of aryl methyl sites for hydroxylation is 1. The minimum atomic E-state index is -0.576. The Bertz CT molecular complexity index is 407. The van der Waals surface area contributed by atoms with Gasteiger partial charge in [0.15, 0.2) is 0 Å². The fraction of sp³-hybridized carbons (Fsp3) is 0.692. The second kappa shape index (κ2) is 7.55. The Morgan fingerprint density at radius 2 is 2.32 bits per heavy atom. The molecular weight excluding hydrogens is 260 g/mol. The highest BCUT2D eigenvalue weighted by molar-refractivity contribution is 7.99. The Labute approximate surface area is 119 Å². The molecule has 0 radical (unpaired) electrons. The molecule has 1 unspecified atom stereocenters. The van der Waals surface area contributed by atoms with Crippen molar-refractivity contribution in [3.63, 3.8) is 0 Å². The van der Waals surface area contributed by atoms with Crippen LogP contribution < -0.4 is 11.1 Å². The Hall–Kier alpha value is -1.01. The van der Waals surface area contributed by atoms with Crippen LogP contribution in [0, 0.1) is 0 Å². The van der Waals surface area contributed by atoms with E-state index >= 15 is 0 Å². The number of hydrogen-bond acceptors (Lipinski definition) is 4. The molecule has 6 heteroatoms. The Kier molecular flexibility index (Phi) is 6.37. The van der Waals surface area contributed by atoms with Crippen molar-refractivity contribution < 1.29 is 4.79 Å². The van der Waals surface area contributed by atoms with Crippen LogP contribution in [0.1, 0.15) is 33.1 Å². The molecule has 1 rings (SSSR count). The summed E-state index contributed by atoms with van der Waals surface area (Å²) in [6.45, 7) is 4.62. The molecular formula is C13H24N4OS. The number of nitrogens with two attached hydrogens (primary N) is 1. The van der Waals surface area contributed by atoms with E-state index in [1.54, 1.807) is 16.4 Å². The van der Waals surface area contributed by atoms with E-state index in [9.17, 15) is 4.79 Å². The van der Waals surface area contributed by atoms with Crippen molar-refractivity contribution in [2.45, 2.75) is 43.5 Å². The molecule has 5 nitrogen and oxygen atoms in total. The first-order valence-corrected chi connectivity index (χ1v) is 7.63. The lowest BCUT2D eigenvalue weighted by Crippen LogP contribution is -2.52. The van der Waals surface area contributed by atoms with Crippen LogP contribution in [0.4, 0.5) is 0 Å². The zero-order valence-corrected chi connectivity index (χ0v) is 12.8. The Morgan fingerprint density at radius 3 is 2.84 bits per heavy atom. The summed E-state index contributed by atoms with van der Waals surface area (Å²) >= 11 is 1.79. The molecule has 0 aromatic carbocycles. The SMILES string of the molecule is CCNC(C)(CCCCSc1cnn(C)c1)C(N)=O. The minimum absolute atomic E-state index is 0.269. The van der Waals surface area contributed by atoms with E-state index < -0.39 is 5.54 Å². The van der Waals surface area contributed by atoms with Gasteiger partial charge in [-0.2, -0.15) is 5.10 Å². The Balaban J connectivity index is 2.24. The maximum atomic E-state index is 11.4. The van der Waals surface area contributed by atoms with E-state index in [0.29, 0.717) is 0 Å². The standard InChI is InChI=1S/C13H24N4OS/c1-4-15-13(2,12(14)18)7-5-6-8-19-11-9-16-17(3)10-11/h9-10,15H,4-8H2,1-3H3,(H2,14,18). The fourth-order valence-corrected chi connectivity index (χ4v) is 2.87. The number of carbonyl (C=O) groups is 1. The first-order valence-electron chi connectivity index (χ1n) is 6.64. The molecule has 0 aliphatic carbocycles. The van der Waals surface area contributed by atoms with Crippen LogP contribution in [0.3, 0.4) is 0 Å². The number of amides is 1. The molecule has 108 valence electrons. The fourth-order valence-electron chi connectivity index (χ4n) is 1.93. The number of rotatable bonds is 9. The van der Waals surface area contributed by atoms with E-state index in [0.717, 1.165) is 31.6 Å². The van der Waals surface area contributed by atoms with Crippen LogP contribution in [0.25, 0.3) is 0 Å². The smallest absolute Gasteiger partial charge is 0.237 e. The molecule has 0 saturated heterocycles. The molecule has 19 heavy (non-hydrogen) atoms. The van der Waals surface area contributed by atoms with E-state index in [1.165, 1.54) is 4.90 Å². The molecule has 0 aliphatic rings. The number of thioether (sulfide) groups is 1. The summed E-state index contributed by atoms with van der Waals surface area (Å²) in [6, 6.07) is 0. The van der Waals surface area contributed by atoms with Crippen molar-refractivity contribution in [2.75, 3.05) is 12.3 Å². The lowest BCUT2D eigenvalue weighted by atomic mass is 9.94. The third kappa shape index (κ3) is 5.24. The molecule has 0 bridgehead atoms. The van der Waals surface area contributed by atoms with E-state index in [-0.39, 0.29) is 5.91 Å². The zero-order valence-electron chi connectivity index (χ0n) is 12.0. The number of nitrogens with one attached hydrogen (secondary N) is 1. The topological polar surface area (TPSA) is 72.9 Å². The summed E-state index contributed by atoms with van der Waals surface area (Å²) in [4.78, 5) is 12.6. The number of primary amides is 1. The molecule has 1 amide bonds. The maximum Gasteiger partial charge on any atom is 0.237 e. The average molecular weight is 284 g/mol. The number of nitrogens with zero attached hydrogens (tertiary/aromatic N) is 2. The van der Waals surface area contributed by atoms with E-state index in [4.69, 9.17) is 5.73 Å². The van der Waals surface area contributed by atoms with Gasteiger partial charge in [-0.25, -0.2) is 0 Å². The highest BCUT2D eigenvalue weighted by atomic mass is 32.2. The number of unbranched alkanes of at least 4 members (excludes halogenated alkanes) is 1. The van der Waals surface area contributed by atoms with Crippen molar-refractivity contribution in [3.8, 4) is 0 Å².